The number of hydrogen-bond donors (Lipinski definition) is 1. The molecular weight excluding hydrogens is 360 g/mol. The molecule has 1 amide bonds. The molecule has 8 heteroatoms. The maximum absolute atomic E-state index is 12.3. The van der Waals surface area contributed by atoms with Gasteiger partial charge in [-0.3, -0.25) is 4.79 Å². The largest absolute Gasteiger partial charge is 0.372 e. The number of aromatic nitrogens is 4. The van der Waals surface area contributed by atoms with E-state index in [1.165, 1.54) is 49.6 Å². The Labute approximate surface area is 163 Å². The van der Waals surface area contributed by atoms with E-state index in [0.717, 1.165) is 36.8 Å². The molecule has 1 aliphatic carbocycles. The Kier molecular flexibility index (Phi) is 5.91. The Balaban J connectivity index is 1.29. The lowest BCUT2D eigenvalue weighted by Gasteiger charge is -2.21. The molecule has 2 heterocycles. The van der Waals surface area contributed by atoms with Crippen molar-refractivity contribution in [2.24, 2.45) is 0 Å². The molecule has 0 spiro atoms. The van der Waals surface area contributed by atoms with Gasteiger partial charge in [-0.15, -0.1) is 5.10 Å². The van der Waals surface area contributed by atoms with Gasteiger partial charge in [0.15, 0.2) is 0 Å². The monoisotopic (exact) mass is 386 g/mol. The van der Waals surface area contributed by atoms with Gasteiger partial charge in [-0.2, -0.15) is 0 Å². The lowest BCUT2D eigenvalue weighted by atomic mass is 9.96. The van der Waals surface area contributed by atoms with E-state index in [-0.39, 0.29) is 5.91 Å². The van der Waals surface area contributed by atoms with Crippen molar-refractivity contribution < 1.29 is 4.79 Å². The van der Waals surface area contributed by atoms with Crippen LogP contribution >= 0.6 is 11.8 Å². The number of carbonyl (C=O) groups excluding carboxylic acids is 1. The molecule has 1 saturated carbocycles. The van der Waals surface area contributed by atoms with Crippen LogP contribution in [-0.2, 0) is 4.79 Å². The van der Waals surface area contributed by atoms with Crippen molar-refractivity contribution in [2.75, 3.05) is 29.1 Å². The standard InChI is InChI=1S/C19H26N6OS/c26-18(20-15-8-10-16(11-9-15)24-12-4-5-13-24)14-27-19-21-22-23-25(19)17-6-2-1-3-7-17/h8-11,17H,1-7,12-14H2,(H,20,26). The minimum atomic E-state index is -0.0351. The molecule has 4 rings (SSSR count). The molecule has 0 bridgehead atoms. The molecule has 144 valence electrons. The minimum absolute atomic E-state index is 0.0351. The molecule has 2 aliphatic rings. The third kappa shape index (κ3) is 4.61. The molecule has 1 aliphatic heterocycles. The molecule has 2 fully saturated rings. The topological polar surface area (TPSA) is 75.9 Å². The molecule has 0 radical (unpaired) electrons. The van der Waals surface area contributed by atoms with Crippen LogP contribution in [0.25, 0.3) is 0 Å². The summed E-state index contributed by atoms with van der Waals surface area (Å²) in [5, 5.41) is 15.8. The summed E-state index contributed by atoms with van der Waals surface area (Å²) in [6.07, 6.45) is 8.50. The summed E-state index contributed by atoms with van der Waals surface area (Å²) in [6.45, 7) is 2.25. The summed E-state index contributed by atoms with van der Waals surface area (Å²) in [5.74, 6) is 0.271. The van der Waals surface area contributed by atoms with Crippen LogP contribution in [0.4, 0.5) is 11.4 Å². The number of carbonyl (C=O) groups is 1. The third-order valence-electron chi connectivity index (χ3n) is 5.34. The molecule has 27 heavy (non-hydrogen) atoms. The number of anilines is 2. The first kappa shape index (κ1) is 18.3. The van der Waals surface area contributed by atoms with Gasteiger partial charge in [0.25, 0.3) is 0 Å². The number of benzene rings is 1. The number of rotatable bonds is 6. The molecule has 7 nitrogen and oxygen atoms in total. The van der Waals surface area contributed by atoms with Gasteiger partial charge in [-0.25, -0.2) is 4.68 Å². The molecule has 2 aromatic rings. The zero-order chi connectivity index (χ0) is 18.5. The van der Waals surface area contributed by atoms with Crippen LogP contribution in [0.5, 0.6) is 0 Å². The summed E-state index contributed by atoms with van der Waals surface area (Å²) in [7, 11) is 0. The molecule has 1 aromatic carbocycles. The highest BCUT2D eigenvalue weighted by atomic mass is 32.2. The van der Waals surface area contributed by atoms with Gasteiger partial charge in [0.2, 0.25) is 11.1 Å². The Morgan fingerprint density at radius 3 is 2.56 bits per heavy atom. The summed E-state index contributed by atoms with van der Waals surface area (Å²) < 4.78 is 1.90. The van der Waals surface area contributed by atoms with Crippen molar-refractivity contribution in [1.82, 2.24) is 20.2 Å². The van der Waals surface area contributed by atoms with Crippen molar-refractivity contribution in [2.45, 2.75) is 56.1 Å². The quantitative estimate of drug-likeness (QED) is 0.766. The lowest BCUT2D eigenvalue weighted by Crippen LogP contribution is -2.18. The number of nitrogens with one attached hydrogen (secondary N) is 1. The van der Waals surface area contributed by atoms with E-state index in [1.54, 1.807) is 0 Å². The highest BCUT2D eigenvalue weighted by Gasteiger charge is 2.21. The maximum atomic E-state index is 12.3. The number of nitrogens with zero attached hydrogens (tertiary/aromatic N) is 5. The van der Waals surface area contributed by atoms with E-state index >= 15 is 0 Å². The summed E-state index contributed by atoms with van der Waals surface area (Å²) >= 11 is 1.40. The number of hydrogen-bond acceptors (Lipinski definition) is 6. The van der Waals surface area contributed by atoms with Crippen molar-refractivity contribution in [3.63, 3.8) is 0 Å². The van der Waals surface area contributed by atoms with Crippen LogP contribution < -0.4 is 10.2 Å². The summed E-state index contributed by atoms with van der Waals surface area (Å²) in [4.78, 5) is 14.7. The van der Waals surface area contributed by atoms with E-state index < -0.39 is 0 Å². The van der Waals surface area contributed by atoms with Crippen LogP contribution in [0.15, 0.2) is 29.4 Å². The van der Waals surface area contributed by atoms with Crippen molar-refractivity contribution in [3.05, 3.63) is 24.3 Å². The molecular formula is C19H26N6OS. The van der Waals surface area contributed by atoms with Gasteiger partial charge in [0.05, 0.1) is 11.8 Å². The fourth-order valence-electron chi connectivity index (χ4n) is 3.89. The second-order valence-electron chi connectivity index (χ2n) is 7.28. The van der Waals surface area contributed by atoms with Gasteiger partial charge in [-0.1, -0.05) is 31.0 Å². The minimum Gasteiger partial charge on any atom is -0.372 e. The van der Waals surface area contributed by atoms with Crippen LogP contribution in [-0.4, -0.2) is 45.0 Å². The predicted octanol–water partition coefficient (Wildman–Crippen LogP) is 3.51. The Hall–Kier alpha value is -2.09. The maximum Gasteiger partial charge on any atom is 0.234 e. The van der Waals surface area contributed by atoms with Gasteiger partial charge >= 0.3 is 0 Å². The highest BCUT2D eigenvalue weighted by Crippen LogP contribution is 2.30. The average molecular weight is 387 g/mol. The van der Waals surface area contributed by atoms with Crippen LogP contribution in [0.2, 0.25) is 0 Å². The Bertz CT molecular complexity index is 750. The average Bonchev–Trinajstić information content (AvgIpc) is 3.40. The van der Waals surface area contributed by atoms with Gasteiger partial charge in [0, 0.05) is 24.5 Å². The first-order valence-corrected chi connectivity index (χ1v) is 10.8. The van der Waals surface area contributed by atoms with Gasteiger partial charge < -0.3 is 10.2 Å². The second kappa shape index (κ2) is 8.73. The smallest absolute Gasteiger partial charge is 0.234 e. The van der Waals surface area contributed by atoms with Crippen LogP contribution in [0.1, 0.15) is 51.0 Å². The molecule has 0 unspecified atom stereocenters. The van der Waals surface area contributed by atoms with E-state index in [1.807, 2.05) is 16.8 Å². The molecule has 1 aromatic heterocycles. The Morgan fingerprint density at radius 2 is 1.81 bits per heavy atom. The van der Waals surface area contributed by atoms with E-state index in [2.05, 4.69) is 37.9 Å². The fourth-order valence-corrected chi connectivity index (χ4v) is 4.64. The first-order valence-electron chi connectivity index (χ1n) is 9.85. The van der Waals surface area contributed by atoms with Gasteiger partial charge in [-0.05, 0) is 60.4 Å². The summed E-state index contributed by atoms with van der Waals surface area (Å²) in [6, 6.07) is 8.48. The lowest BCUT2D eigenvalue weighted by molar-refractivity contribution is -0.113. The normalized spacial score (nSPS) is 18.0. The zero-order valence-corrected chi connectivity index (χ0v) is 16.3. The van der Waals surface area contributed by atoms with E-state index in [9.17, 15) is 4.79 Å². The first-order chi connectivity index (χ1) is 13.3. The third-order valence-corrected chi connectivity index (χ3v) is 6.27. The van der Waals surface area contributed by atoms with Crippen molar-refractivity contribution >= 4 is 29.0 Å². The fraction of sp³-hybridized carbons (Fsp3) is 0.579. The van der Waals surface area contributed by atoms with Crippen LogP contribution in [0, 0.1) is 0 Å². The molecule has 1 N–H and O–H groups in total. The SMILES string of the molecule is O=C(CSc1nnnn1C1CCCCC1)Nc1ccc(N2CCCC2)cc1. The number of thioether (sulfide) groups is 1. The van der Waals surface area contributed by atoms with Crippen molar-refractivity contribution in [3.8, 4) is 0 Å². The predicted molar refractivity (Wildman–Crippen MR) is 107 cm³/mol. The number of tetrazole rings is 1. The summed E-state index contributed by atoms with van der Waals surface area (Å²) in [5.41, 5.74) is 2.06. The van der Waals surface area contributed by atoms with Crippen molar-refractivity contribution in [1.29, 1.82) is 0 Å². The van der Waals surface area contributed by atoms with Crippen LogP contribution in [0.3, 0.4) is 0 Å². The van der Waals surface area contributed by atoms with E-state index in [0.29, 0.717) is 11.8 Å². The van der Waals surface area contributed by atoms with E-state index in [4.69, 9.17) is 0 Å². The highest BCUT2D eigenvalue weighted by molar-refractivity contribution is 7.99. The molecule has 1 saturated heterocycles. The Morgan fingerprint density at radius 1 is 1.07 bits per heavy atom. The van der Waals surface area contributed by atoms with Gasteiger partial charge in [0.1, 0.15) is 0 Å². The second-order valence-corrected chi connectivity index (χ2v) is 8.22. The molecule has 0 atom stereocenters. The zero-order valence-electron chi connectivity index (χ0n) is 15.5. The number of amides is 1.